The van der Waals surface area contributed by atoms with Crippen molar-refractivity contribution < 1.29 is 23.8 Å². The number of rotatable bonds is 6. The number of unbranched alkanes of at least 4 members (excludes halogenated alkanes) is 2. The molecule has 0 aromatic carbocycles. The number of carbonyl (C=O) groups excluding carboxylic acids is 1. The molecule has 1 fully saturated rings. The Kier molecular flexibility index (Phi) is 6.49. The van der Waals surface area contributed by atoms with E-state index in [1.807, 2.05) is 6.92 Å². The summed E-state index contributed by atoms with van der Waals surface area (Å²) < 4.78 is 25.6. The Morgan fingerprint density at radius 3 is 2.80 bits per heavy atom. The first kappa shape index (κ1) is 19.3. The minimum absolute atomic E-state index is 0.210. The number of aliphatic hydroxyl groups is 1. The fraction of sp³-hybridized carbons (Fsp3) is 0.688. The van der Waals surface area contributed by atoms with E-state index in [0.29, 0.717) is 6.42 Å². The molecule has 25 heavy (non-hydrogen) atoms. The van der Waals surface area contributed by atoms with Crippen molar-refractivity contribution in [1.29, 1.82) is 0 Å². The highest BCUT2D eigenvalue weighted by molar-refractivity contribution is 5.83. The van der Waals surface area contributed by atoms with Gasteiger partial charge in [-0.1, -0.05) is 26.7 Å². The van der Waals surface area contributed by atoms with E-state index in [9.17, 15) is 19.1 Å². The van der Waals surface area contributed by atoms with Gasteiger partial charge in [-0.2, -0.15) is 4.98 Å². The quantitative estimate of drug-likeness (QED) is 0.755. The highest BCUT2D eigenvalue weighted by Crippen LogP contribution is 2.33. The molecule has 0 radical (unpaired) electrons. The highest BCUT2D eigenvalue weighted by Gasteiger charge is 2.40. The summed E-state index contributed by atoms with van der Waals surface area (Å²) >= 11 is 0. The topological polar surface area (TPSA) is 103 Å². The average molecular weight is 357 g/mol. The molecule has 2 N–H and O–H groups in total. The van der Waals surface area contributed by atoms with Gasteiger partial charge in [0.05, 0.1) is 25.0 Å². The van der Waals surface area contributed by atoms with E-state index in [1.165, 1.54) is 0 Å². The van der Waals surface area contributed by atoms with Gasteiger partial charge in [-0.05, 0) is 13.3 Å². The number of hydrogen-bond donors (Lipinski definition) is 2. The first-order valence-electron chi connectivity index (χ1n) is 8.41. The number of nitrogens with one attached hydrogen (secondary N) is 1. The first-order valence-corrected chi connectivity index (χ1v) is 8.41. The van der Waals surface area contributed by atoms with Crippen molar-refractivity contribution in [2.45, 2.75) is 58.5 Å². The number of anilines is 1. The number of carbonyl (C=O) groups is 1. The average Bonchev–Trinajstić information content (AvgIpc) is 2.82. The van der Waals surface area contributed by atoms with Crippen LogP contribution in [0.5, 0.6) is 0 Å². The van der Waals surface area contributed by atoms with Crippen molar-refractivity contribution >= 4 is 11.9 Å². The molecule has 1 aromatic heterocycles. The number of aromatic nitrogens is 2. The van der Waals surface area contributed by atoms with E-state index in [-0.39, 0.29) is 6.61 Å². The molecule has 0 aliphatic carbocycles. The summed E-state index contributed by atoms with van der Waals surface area (Å²) in [5.41, 5.74) is -0.791. The van der Waals surface area contributed by atoms with Gasteiger partial charge in [-0.25, -0.2) is 14.0 Å². The maximum absolute atomic E-state index is 14.2. The van der Waals surface area contributed by atoms with Crippen LogP contribution in [0.4, 0.5) is 15.0 Å². The third kappa shape index (κ3) is 4.55. The van der Waals surface area contributed by atoms with Gasteiger partial charge < -0.3 is 14.6 Å². The van der Waals surface area contributed by atoms with Crippen molar-refractivity contribution in [2.24, 2.45) is 5.92 Å². The number of halogens is 1. The van der Waals surface area contributed by atoms with Crippen molar-refractivity contribution in [2.75, 3.05) is 11.9 Å². The largest absolute Gasteiger partial charge is 0.449 e. The van der Waals surface area contributed by atoms with Crippen LogP contribution >= 0.6 is 0 Å². The zero-order chi connectivity index (χ0) is 18.6. The molecule has 9 heteroatoms. The van der Waals surface area contributed by atoms with E-state index in [2.05, 4.69) is 10.3 Å². The van der Waals surface area contributed by atoms with E-state index >= 15 is 0 Å². The Bertz CT molecular complexity index is 666. The molecule has 2 rings (SSSR count). The summed E-state index contributed by atoms with van der Waals surface area (Å²) in [4.78, 5) is 27.3. The summed E-state index contributed by atoms with van der Waals surface area (Å²) in [6.07, 6.45) is 0.575. The fourth-order valence-electron chi connectivity index (χ4n) is 2.70. The molecule has 2 heterocycles. The second kappa shape index (κ2) is 8.39. The first-order chi connectivity index (χ1) is 11.8. The van der Waals surface area contributed by atoms with Crippen molar-refractivity contribution in [3.63, 3.8) is 0 Å². The van der Waals surface area contributed by atoms with Gasteiger partial charge in [-0.15, -0.1) is 0 Å². The van der Waals surface area contributed by atoms with Crippen LogP contribution in [0.1, 0.15) is 46.3 Å². The number of hydrogen-bond acceptors (Lipinski definition) is 6. The van der Waals surface area contributed by atoms with Crippen molar-refractivity contribution in [1.82, 2.24) is 9.55 Å². The van der Waals surface area contributed by atoms with Gasteiger partial charge in [0.1, 0.15) is 6.23 Å². The Balaban J connectivity index is 2.07. The molecule has 0 bridgehead atoms. The Morgan fingerprint density at radius 1 is 1.48 bits per heavy atom. The van der Waals surface area contributed by atoms with Gasteiger partial charge >= 0.3 is 11.8 Å². The van der Waals surface area contributed by atoms with Crippen LogP contribution in [-0.4, -0.2) is 39.6 Å². The lowest BCUT2D eigenvalue weighted by molar-refractivity contribution is -0.0146. The maximum Gasteiger partial charge on any atom is 0.412 e. The van der Waals surface area contributed by atoms with Crippen LogP contribution in [0.3, 0.4) is 0 Å². The van der Waals surface area contributed by atoms with Crippen LogP contribution in [-0.2, 0) is 9.47 Å². The van der Waals surface area contributed by atoms with Crippen LogP contribution in [0.15, 0.2) is 11.0 Å². The second-order valence-electron chi connectivity index (χ2n) is 6.18. The Morgan fingerprint density at radius 2 is 2.20 bits per heavy atom. The number of ether oxygens (including phenoxy) is 2. The lowest BCUT2D eigenvalue weighted by Gasteiger charge is -2.18. The molecule has 1 saturated heterocycles. The second-order valence-corrected chi connectivity index (χ2v) is 6.18. The molecule has 0 unspecified atom stereocenters. The molecule has 1 amide bonds. The molecule has 8 nitrogen and oxygen atoms in total. The Hall–Kier alpha value is -2.00. The van der Waals surface area contributed by atoms with Gasteiger partial charge in [0.25, 0.3) is 0 Å². The lowest BCUT2D eigenvalue weighted by Crippen LogP contribution is -2.32. The van der Waals surface area contributed by atoms with Gasteiger partial charge in [-0.3, -0.25) is 9.88 Å². The summed E-state index contributed by atoms with van der Waals surface area (Å²) in [6.45, 7) is 5.59. The zero-order valence-corrected chi connectivity index (χ0v) is 14.6. The summed E-state index contributed by atoms with van der Waals surface area (Å²) in [5, 5.41) is 12.0. The zero-order valence-electron chi connectivity index (χ0n) is 14.6. The van der Waals surface area contributed by atoms with E-state index in [1.54, 1.807) is 13.8 Å². The van der Waals surface area contributed by atoms with Crippen LogP contribution in [0.2, 0.25) is 0 Å². The number of aliphatic hydroxyl groups excluding tert-OH is 1. The summed E-state index contributed by atoms with van der Waals surface area (Å²) in [5.74, 6) is -1.80. The summed E-state index contributed by atoms with van der Waals surface area (Å²) in [7, 11) is 0. The normalized spacial score (nSPS) is 25.8. The third-order valence-corrected chi connectivity index (χ3v) is 4.21. The predicted octanol–water partition coefficient (Wildman–Crippen LogP) is 2.04. The van der Waals surface area contributed by atoms with Gasteiger partial charge in [0.2, 0.25) is 0 Å². The van der Waals surface area contributed by atoms with Gasteiger partial charge in [0, 0.05) is 5.92 Å². The molecule has 0 spiro atoms. The highest BCUT2D eigenvalue weighted by atomic mass is 19.1. The predicted molar refractivity (Wildman–Crippen MR) is 87.7 cm³/mol. The minimum atomic E-state index is -0.894. The standard InChI is InChI=1S/C16H24FN3O5/c1-4-5-6-7-24-16(23)19-13-11(17)8-20(15(22)18-13)14-9(2)12(21)10(3)25-14/h8-10,12,14,21H,4-7H2,1-3H3,(H,18,19,22,23)/t9-,10-,12+,14-/m1/s1. The van der Waals surface area contributed by atoms with Crippen LogP contribution in [0.25, 0.3) is 0 Å². The molecule has 1 aliphatic heterocycles. The molecule has 0 saturated carbocycles. The number of nitrogens with zero attached hydrogens (tertiary/aromatic N) is 2. The fourth-order valence-corrected chi connectivity index (χ4v) is 2.70. The lowest BCUT2D eigenvalue weighted by atomic mass is 10.0. The van der Waals surface area contributed by atoms with Crippen molar-refractivity contribution in [3.8, 4) is 0 Å². The third-order valence-electron chi connectivity index (χ3n) is 4.21. The monoisotopic (exact) mass is 357 g/mol. The summed E-state index contributed by atoms with van der Waals surface area (Å²) in [6, 6.07) is 0. The van der Waals surface area contributed by atoms with Gasteiger partial charge in [0.15, 0.2) is 11.6 Å². The van der Waals surface area contributed by atoms with E-state index < -0.39 is 47.8 Å². The SMILES string of the molecule is CCCCCOC(=O)Nc1nc(=O)n([C@@H]2O[C@H](C)[C@@H](O)[C@H]2C)cc1F. The molecule has 1 aliphatic rings. The minimum Gasteiger partial charge on any atom is -0.449 e. The molecule has 140 valence electrons. The number of amides is 1. The van der Waals surface area contributed by atoms with Crippen LogP contribution in [0, 0.1) is 11.7 Å². The van der Waals surface area contributed by atoms with Crippen molar-refractivity contribution in [3.05, 3.63) is 22.5 Å². The maximum atomic E-state index is 14.2. The Labute approximate surface area is 145 Å². The molecule has 1 aromatic rings. The van der Waals surface area contributed by atoms with E-state index in [4.69, 9.17) is 9.47 Å². The molecular weight excluding hydrogens is 333 g/mol. The smallest absolute Gasteiger partial charge is 0.412 e. The van der Waals surface area contributed by atoms with Crippen LogP contribution < -0.4 is 11.0 Å². The molecular formula is C16H24FN3O5. The van der Waals surface area contributed by atoms with E-state index in [0.717, 1.165) is 23.6 Å². The molecule has 4 atom stereocenters.